The first kappa shape index (κ1) is 12.3. The molecule has 0 fully saturated rings. The molecule has 1 nitrogen and oxygen atoms in total. The number of aryl methyl sites for hydroxylation is 3. The van der Waals surface area contributed by atoms with Crippen LogP contribution in [0.5, 0.6) is 5.75 Å². The van der Waals surface area contributed by atoms with E-state index in [1.807, 2.05) is 0 Å². The lowest BCUT2D eigenvalue weighted by Gasteiger charge is -2.12. The van der Waals surface area contributed by atoms with Crippen LogP contribution >= 0.6 is 0 Å². The van der Waals surface area contributed by atoms with Crippen molar-refractivity contribution in [3.63, 3.8) is 0 Å². The van der Waals surface area contributed by atoms with E-state index in [1.54, 1.807) is 0 Å². The summed E-state index contributed by atoms with van der Waals surface area (Å²) < 4.78 is 5.85. The molecule has 0 atom stereocenters. The summed E-state index contributed by atoms with van der Waals surface area (Å²) >= 11 is 0. The van der Waals surface area contributed by atoms with Crippen LogP contribution in [0.3, 0.4) is 0 Å². The molecular formula is C13H20OSi. The highest BCUT2D eigenvalue weighted by Crippen LogP contribution is 2.24. The van der Waals surface area contributed by atoms with Gasteiger partial charge >= 0.3 is 9.76 Å². The maximum Gasteiger partial charge on any atom is 0.310 e. The summed E-state index contributed by atoms with van der Waals surface area (Å²) in [6.45, 7) is 8.59. The van der Waals surface area contributed by atoms with Crippen LogP contribution < -0.4 is 4.43 Å². The third kappa shape index (κ3) is 3.71. The minimum atomic E-state index is 0.606. The van der Waals surface area contributed by atoms with E-state index in [1.165, 1.54) is 35.6 Å². The normalized spacial score (nSPS) is 10.4. The predicted molar refractivity (Wildman–Crippen MR) is 66.8 cm³/mol. The molecule has 15 heavy (non-hydrogen) atoms. The van der Waals surface area contributed by atoms with Crippen LogP contribution in [0.2, 0.25) is 6.04 Å². The zero-order chi connectivity index (χ0) is 11.3. The average molecular weight is 220 g/mol. The minimum Gasteiger partial charge on any atom is -0.541 e. The molecule has 0 amide bonds. The number of rotatable bonds is 5. The largest absolute Gasteiger partial charge is 0.541 e. The third-order valence-electron chi connectivity index (χ3n) is 2.41. The second-order valence-electron chi connectivity index (χ2n) is 4.08. The lowest BCUT2D eigenvalue weighted by molar-refractivity contribution is 0.577. The average Bonchev–Trinajstić information content (AvgIpc) is 2.15. The van der Waals surface area contributed by atoms with Crippen molar-refractivity contribution in [2.24, 2.45) is 0 Å². The fourth-order valence-electron chi connectivity index (χ4n) is 1.70. The standard InChI is InChI=1S/C13H20OSi/c1-5-6-7-15-14-13-11(3)8-10(2)9-12(13)4/h8-9H,5-7H2,1-4H3. The molecule has 0 aromatic heterocycles. The van der Waals surface area contributed by atoms with Crippen LogP contribution in [-0.2, 0) is 0 Å². The predicted octanol–water partition coefficient (Wildman–Crippen LogP) is 3.83. The quantitative estimate of drug-likeness (QED) is 0.541. The Labute approximate surface area is 95.8 Å². The highest BCUT2D eigenvalue weighted by molar-refractivity contribution is 6.28. The number of benzene rings is 1. The molecule has 0 heterocycles. The molecule has 0 aliphatic carbocycles. The molecule has 0 spiro atoms. The van der Waals surface area contributed by atoms with Crippen molar-refractivity contribution in [2.75, 3.05) is 0 Å². The minimum absolute atomic E-state index is 0.606. The van der Waals surface area contributed by atoms with E-state index in [9.17, 15) is 0 Å². The molecule has 0 bridgehead atoms. The Balaban J connectivity index is 2.60. The highest BCUT2D eigenvalue weighted by Gasteiger charge is 2.04. The molecular weight excluding hydrogens is 200 g/mol. The van der Waals surface area contributed by atoms with Crippen molar-refractivity contribution in [3.05, 3.63) is 28.8 Å². The molecule has 2 heteroatoms. The van der Waals surface area contributed by atoms with Gasteiger partial charge in [-0.25, -0.2) is 0 Å². The lowest BCUT2D eigenvalue weighted by atomic mass is 10.1. The monoisotopic (exact) mass is 220 g/mol. The Morgan fingerprint density at radius 1 is 1.13 bits per heavy atom. The molecule has 0 N–H and O–H groups in total. The molecule has 82 valence electrons. The summed E-state index contributed by atoms with van der Waals surface area (Å²) in [5.41, 5.74) is 3.84. The Kier molecular flexibility index (Phi) is 4.89. The lowest BCUT2D eigenvalue weighted by Crippen LogP contribution is -2.04. The molecule has 2 radical (unpaired) electrons. The second kappa shape index (κ2) is 5.96. The van der Waals surface area contributed by atoms with Crippen molar-refractivity contribution in [2.45, 2.75) is 46.6 Å². The zero-order valence-corrected chi connectivity index (χ0v) is 11.2. The van der Waals surface area contributed by atoms with Gasteiger partial charge in [-0.15, -0.1) is 0 Å². The Morgan fingerprint density at radius 2 is 1.73 bits per heavy atom. The first-order chi connectivity index (χ1) is 7.15. The van der Waals surface area contributed by atoms with Crippen LogP contribution in [0.4, 0.5) is 0 Å². The molecule has 0 aliphatic rings. The molecule has 1 aromatic rings. The summed E-state index contributed by atoms with van der Waals surface area (Å²) in [5, 5.41) is 0. The first-order valence-electron chi connectivity index (χ1n) is 5.62. The van der Waals surface area contributed by atoms with Gasteiger partial charge in [-0.3, -0.25) is 0 Å². The van der Waals surface area contributed by atoms with E-state index in [0.29, 0.717) is 9.76 Å². The summed E-state index contributed by atoms with van der Waals surface area (Å²) in [7, 11) is 0.606. The highest BCUT2D eigenvalue weighted by atomic mass is 28.2. The van der Waals surface area contributed by atoms with Gasteiger partial charge in [-0.2, -0.15) is 0 Å². The van der Waals surface area contributed by atoms with Crippen molar-refractivity contribution >= 4 is 9.76 Å². The zero-order valence-electron chi connectivity index (χ0n) is 10.2. The summed E-state index contributed by atoms with van der Waals surface area (Å²) in [4.78, 5) is 0. The van der Waals surface area contributed by atoms with Gasteiger partial charge in [0.25, 0.3) is 0 Å². The molecule has 0 unspecified atom stereocenters. The van der Waals surface area contributed by atoms with E-state index in [4.69, 9.17) is 4.43 Å². The van der Waals surface area contributed by atoms with Crippen molar-refractivity contribution in [1.82, 2.24) is 0 Å². The first-order valence-corrected chi connectivity index (χ1v) is 6.74. The van der Waals surface area contributed by atoms with Crippen LogP contribution in [0, 0.1) is 20.8 Å². The van der Waals surface area contributed by atoms with Crippen molar-refractivity contribution < 1.29 is 4.43 Å². The summed E-state index contributed by atoms with van der Waals surface area (Å²) in [5.74, 6) is 1.09. The smallest absolute Gasteiger partial charge is 0.310 e. The van der Waals surface area contributed by atoms with Crippen molar-refractivity contribution in [1.29, 1.82) is 0 Å². The van der Waals surface area contributed by atoms with Crippen LogP contribution in [0.25, 0.3) is 0 Å². The Bertz CT molecular complexity index is 297. The number of hydrogen-bond acceptors (Lipinski definition) is 1. The Morgan fingerprint density at radius 3 is 2.27 bits per heavy atom. The number of hydrogen-bond donors (Lipinski definition) is 0. The van der Waals surface area contributed by atoms with Gasteiger partial charge in [0, 0.05) is 0 Å². The maximum absolute atomic E-state index is 5.85. The van der Waals surface area contributed by atoms with E-state index in [2.05, 4.69) is 39.8 Å². The Hall–Kier alpha value is -0.763. The van der Waals surface area contributed by atoms with Gasteiger partial charge in [0.1, 0.15) is 5.75 Å². The summed E-state index contributed by atoms with van der Waals surface area (Å²) in [6.07, 6.45) is 2.52. The summed E-state index contributed by atoms with van der Waals surface area (Å²) in [6, 6.07) is 5.56. The van der Waals surface area contributed by atoms with Crippen molar-refractivity contribution in [3.8, 4) is 5.75 Å². The fraction of sp³-hybridized carbons (Fsp3) is 0.538. The van der Waals surface area contributed by atoms with E-state index in [0.717, 1.165) is 5.75 Å². The maximum atomic E-state index is 5.85. The van der Waals surface area contributed by atoms with Crippen LogP contribution in [0.15, 0.2) is 12.1 Å². The van der Waals surface area contributed by atoms with E-state index in [-0.39, 0.29) is 0 Å². The van der Waals surface area contributed by atoms with Gasteiger partial charge in [0.05, 0.1) is 0 Å². The molecule has 1 aromatic carbocycles. The molecule has 0 aliphatic heterocycles. The van der Waals surface area contributed by atoms with Crippen LogP contribution in [0.1, 0.15) is 36.5 Å². The van der Waals surface area contributed by atoms with E-state index < -0.39 is 0 Å². The van der Waals surface area contributed by atoms with E-state index >= 15 is 0 Å². The van der Waals surface area contributed by atoms with Gasteiger partial charge in [-0.1, -0.05) is 37.5 Å². The van der Waals surface area contributed by atoms with Gasteiger partial charge in [0.2, 0.25) is 0 Å². The molecule has 1 rings (SSSR count). The molecule has 0 saturated carbocycles. The van der Waals surface area contributed by atoms with Gasteiger partial charge in [-0.05, 0) is 37.9 Å². The number of unbranched alkanes of at least 4 members (excludes halogenated alkanes) is 1. The fourth-order valence-corrected chi connectivity index (χ4v) is 2.77. The van der Waals surface area contributed by atoms with Gasteiger partial charge in [0.15, 0.2) is 0 Å². The molecule has 0 saturated heterocycles. The third-order valence-corrected chi connectivity index (χ3v) is 3.32. The topological polar surface area (TPSA) is 9.23 Å². The van der Waals surface area contributed by atoms with Crippen LogP contribution in [-0.4, -0.2) is 9.76 Å². The SMILES string of the molecule is CCCC[Si]Oc1c(C)cc(C)cc1C. The second-order valence-corrected chi connectivity index (χ2v) is 5.07. The van der Waals surface area contributed by atoms with Gasteiger partial charge < -0.3 is 4.43 Å².